The van der Waals surface area contributed by atoms with Crippen LogP contribution in [-0.2, 0) is 25.2 Å². The molecule has 1 rings (SSSR count). The molecule has 0 aromatic rings. The second-order valence-electron chi connectivity index (χ2n) is 1.83. The second kappa shape index (κ2) is 3.77. The van der Waals surface area contributed by atoms with Crippen molar-refractivity contribution in [3.05, 3.63) is 0 Å². The lowest BCUT2D eigenvalue weighted by Crippen LogP contribution is -2.43. The van der Waals surface area contributed by atoms with Crippen LogP contribution in [0.25, 0.3) is 0 Å². The molecule has 1 saturated heterocycles. The summed E-state index contributed by atoms with van der Waals surface area (Å²) < 4.78 is 22.1. The molecule has 1 fully saturated rings. The number of carbonyl (C=O) groups excluding carboxylic acids is 1. The first-order valence-corrected chi connectivity index (χ1v) is 3.91. The number of carbonyl (C=O) groups is 1. The maximum atomic E-state index is 10.5. The van der Waals surface area contributed by atoms with Crippen LogP contribution in [0.2, 0.25) is 0 Å². The third-order valence-corrected chi connectivity index (χ3v) is 1.46. The molecule has 6 nitrogen and oxygen atoms in total. The summed E-state index contributed by atoms with van der Waals surface area (Å²) in [6.07, 6.45) is 0.461. The first-order valence-electron chi connectivity index (χ1n) is 2.87. The number of nitrogens with zero attached hydrogens (tertiary/aromatic N) is 1. The van der Waals surface area contributed by atoms with E-state index in [1.54, 1.807) is 0 Å². The summed E-state index contributed by atoms with van der Waals surface area (Å²) in [5.74, 6) is -0.141. The SMILES string of the molecule is O=C1CCN1OCOS(=O)O. The molecule has 0 aromatic carbocycles. The topological polar surface area (TPSA) is 76.1 Å². The Morgan fingerprint density at radius 3 is 2.82 bits per heavy atom. The van der Waals surface area contributed by atoms with E-state index in [2.05, 4.69) is 9.02 Å². The summed E-state index contributed by atoms with van der Waals surface area (Å²) in [5, 5.41) is 1.08. The Hall–Kier alpha value is -0.500. The Morgan fingerprint density at radius 2 is 2.45 bits per heavy atom. The second-order valence-corrected chi connectivity index (χ2v) is 2.50. The lowest BCUT2D eigenvalue weighted by Gasteiger charge is -2.28. The molecule has 0 spiro atoms. The number of rotatable bonds is 4. The highest BCUT2D eigenvalue weighted by molar-refractivity contribution is 7.74. The fourth-order valence-electron chi connectivity index (χ4n) is 0.557. The van der Waals surface area contributed by atoms with E-state index in [-0.39, 0.29) is 12.7 Å². The van der Waals surface area contributed by atoms with Crippen molar-refractivity contribution in [3.63, 3.8) is 0 Å². The molecule has 1 heterocycles. The molecule has 11 heavy (non-hydrogen) atoms. The minimum atomic E-state index is -2.33. The summed E-state index contributed by atoms with van der Waals surface area (Å²) in [4.78, 5) is 15.1. The Balaban J connectivity index is 2.03. The smallest absolute Gasteiger partial charge is 0.284 e. The number of hydrogen-bond donors (Lipinski definition) is 1. The minimum absolute atomic E-state index is 0.141. The standard InChI is InChI=1S/C4H7NO5S/c6-4-1-2-5(4)9-3-10-11(7)8/h1-3H2,(H,7,8). The summed E-state index contributed by atoms with van der Waals surface area (Å²) >= 11 is -2.33. The van der Waals surface area contributed by atoms with Gasteiger partial charge >= 0.3 is 11.4 Å². The van der Waals surface area contributed by atoms with Crippen molar-refractivity contribution in [2.24, 2.45) is 0 Å². The summed E-state index contributed by atoms with van der Waals surface area (Å²) in [5.41, 5.74) is 0. The molecule has 1 aliphatic rings. The fraction of sp³-hybridized carbons (Fsp3) is 0.750. The van der Waals surface area contributed by atoms with Crippen LogP contribution in [0.15, 0.2) is 0 Å². The lowest BCUT2D eigenvalue weighted by atomic mass is 10.3. The molecule has 0 radical (unpaired) electrons. The molecule has 1 atom stereocenters. The third-order valence-electron chi connectivity index (χ3n) is 1.16. The van der Waals surface area contributed by atoms with Crippen molar-refractivity contribution in [3.8, 4) is 0 Å². The average molecular weight is 181 g/mol. The normalized spacial score (nSPS) is 19.7. The predicted molar refractivity (Wildman–Crippen MR) is 34.1 cm³/mol. The largest absolute Gasteiger partial charge is 0.304 e. The zero-order chi connectivity index (χ0) is 8.27. The van der Waals surface area contributed by atoms with E-state index in [0.29, 0.717) is 13.0 Å². The number of amides is 1. The van der Waals surface area contributed by atoms with Crippen LogP contribution in [0.3, 0.4) is 0 Å². The van der Waals surface area contributed by atoms with Gasteiger partial charge < -0.3 is 0 Å². The molecule has 0 aliphatic carbocycles. The molecular weight excluding hydrogens is 174 g/mol. The number of β-lactam (4-membered cyclic amide) rings is 1. The molecule has 1 unspecified atom stereocenters. The maximum Gasteiger partial charge on any atom is 0.304 e. The van der Waals surface area contributed by atoms with Gasteiger partial charge in [0.1, 0.15) is 0 Å². The van der Waals surface area contributed by atoms with Gasteiger partial charge in [0.15, 0.2) is 6.79 Å². The van der Waals surface area contributed by atoms with Gasteiger partial charge in [0.05, 0.1) is 6.54 Å². The summed E-state index contributed by atoms with van der Waals surface area (Å²) in [7, 11) is 0. The molecule has 0 aromatic heterocycles. The van der Waals surface area contributed by atoms with E-state index >= 15 is 0 Å². The Labute approximate surface area is 65.5 Å². The van der Waals surface area contributed by atoms with Gasteiger partial charge in [0.2, 0.25) is 5.91 Å². The van der Waals surface area contributed by atoms with Crippen LogP contribution < -0.4 is 0 Å². The zero-order valence-corrected chi connectivity index (χ0v) is 6.37. The molecule has 7 heteroatoms. The van der Waals surface area contributed by atoms with Gasteiger partial charge in [-0.3, -0.25) is 9.35 Å². The first-order chi connectivity index (χ1) is 5.20. The molecule has 0 bridgehead atoms. The van der Waals surface area contributed by atoms with E-state index in [4.69, 9.17) is 4.55 Å². The quantitative estimate of drug-likeness (QED) is 0.351. The molecule has 0 saturated carbocycles. The van der Waals surface area contributed by atoms with Gasteiger partial charge in [0, 0.05) is 6.42 Å². The van der Waals surface area contributed by atoms with Gasteiger partial charge in [-0.1, -0.05) is 0 Å². The van der Waals surface area contributed by atoms with E-state index < -0.39 is 11.4 Å². The van der Waals surface area contributed by atoms with Gasteiger partial charge in [-0.2, -0.15) is 4.21 Å². The highest BCUT2D eigenvalue weighted by Gasteiger charge is 2.24. The lowest BCUT2D eigenvalue weighted by molar-refractivity contribution is -0.228. The fourth-order valence-corrected chi connectivity index (χ4v) is 0.683. The van der Waals surface area contributed by atoms with E-state index in [9.17, 15) is 9.00 Å². The zero-order valence-electron chi connectivity index (χ0n) is 5.56. The van der Waals surface area contributed by atoms with E-state index in [1.807, 2.05) is 0 Å². The summed E-state index contributed by atoms with van der Waals surface area (Å²) in [6.45, 7) is 0.134. The van der Waals surface area contributed by atoms with Crippen molar-refractivity contribution in [2.45, 2.75) is 6.42 Å². The monoisotopic (exact) mass is 181 g/mol. The molecule has 1 N–H and O–H groups in total. The third kappa shape index (κ3) is 2.54. The molecule has 1 aliphatic heterocycles. The minimum Gasteiger partial charge on any atom is -0.284 e. The molecule has 1 amide bonds. The van der Waals surface area contributed by atoms with Crippen LogP contribution in [0.5, 0.6) is 0 Å². The Bertz CT molecular complexity index is 183. The van der Waals surface area contributed by atoms with E-state index in [0.717, 1.165) is 5.06 Å². The van der Waals surface area contributed by atoms with Gasteiger partial charge in [-0.25, -0.2) is 14.1 Å². The first kappa shape index (κ1) is 8.60. The van der Waals surface area contributed by atoms with Crippen molar-refractivity contribution < 1.29 is 22.6 Å². The van der Waals surface area contributed by atoms with Crippen molar-refractivity contribution in [1.29, 1.82) is 0 Å². The number of hydrogen-bond acceptors (Lipinski definition) is 4. The van der Waals surface area contributed by atoms with Crippen LogP contribution in [0.1, 0.15) is 6.42 Å². The number of hydroxylamine groups is 2. The maximum absolute atomic E-state index is 10.5. The van der Waals surface area contributed by atoms with Crippen LogP contribution in [0.4, 0.5) is 0 Å². The van der Waals surface area contributed by atoms with E-state index in [1.165, 1.54) is 0 Å². The van der Waals surface area contributed by atoms with Crippen molar-refractivity contribution in [1.82, 2.24) is 5.06 Å². The Kier molecular flexibility index (Phi) is 2.94. The highest BCUT2D eigenvalue weighted by atomic mass is 32.2. The van der Waals surface area contributed by atoms with Gasteiger partial charge in [-0.05, 0) is 0 Å². The van der Waals surface area contributed by atoms with Crippen LogP contribution >= 0.6 is 0 Å². The summed E-state index contributed by atoms with van der Waals surface area (Å²) in [6, 6.07) is 0. The van der Waals surface area contributed by atoms with Crippen molar-refractivity contribution in [2.75, 3.05) is 13.3 Å². The van der Waals surface area contributed by atoms with Crippen molar-refractivity contribution >= 4 is 17.3 Å². The van der Waals surface area contributed by atoms with Crippen LogP contribution in [0, 0.1) is 0 Å². The Morgan fingerprint density at radius 1 is 1.73 bits per heavy atom. The molecular formula is C4H7NO5S. The highest BCUT2D eigenvalue weighted by Crippen LogP contribution is 2.08. The predicted octanol–water partition coefficient (Wildman–Crippen LogP) is -0.739. The van der Waals surface area contributed by atoms with Crippen LogP contribution in [-0.4, -0.2) is 33.1 Å². The average Bonchev–Trinajstić information content (AvgIpc) is 1.94. The van der Waals surface area contributed by atoms with Gasteiger partial charge in [-0.15, -0.1) is 0 Å². The molecule has 64 valence electrons. The van der Waals surface area contributed by atoms with Gasteiger partial charge in [0.25, 0.3) is 0 Å².